The molecule has 2 fully saturated rings. The number of carbonyl (C=O) groups excluding carboxylic acids is 1. The van der Waals surface area contributed by atoms with Crippen LogP contribution in [0.4, 0.5) is 5.82 Å². The Morgan fingerprint density at radius 2 is 1.97 bits per heavy atom. The Morgan fingerprint density at radius 3 is 2.77 bits per heavy atom. The van der Waals surface area contributed by atoms with E-state index in [0.29, 0.717) is 19.1 Å². The summed E-state index contributed by atoms with van der Waals surface area (Å²) >= 11 is 0. The Labute approximate surface area is 179 Å². The lowest BCUT2D eigenvalue weighted by molar-refractivity contribution is -0.125. The van der Waals surface area contributed by atoms with Gasteiger partial charge in [0.1, 0.15) is 5.82 Å². The van der Waals surface area contributed by atoms with Gasteiger partial charge in [-0.2, -0.15) is 0 Å². The van der Waals surface area contributed by atoms with Gasteiger partial charge in [-0.3, -0.25) is 14.7 Å². The predicted molar refractivity (Wildman–Crippen MR) is 119 cm³/mol. The molecule has 1 aromatic heterocycles. The first-order valence-electron chi connectivity index (χ1n) is 11.3. The summed E-state index contributed by atoms with van der Waals surface area (Å²) in [5, 5.41) is 3.21. The van der Waals surface area contributed by atoms with Crippen LogP contribution in [0.3, 0.4) is 0 Å². The van der Waals surface area contributed by atoms with E-state index in [9.17, 15) is 4.79 Å². The molecule has 0 radical (unpaired) electrons. The van der Waals surface area contributed by atoms with Crippen LogP contribution in [0, 0.1) is 5.92 Å². The van der Waals surface area contributed by atoms with Crippen LogP contribution in [0.2, 0.25) is 0 Å². The second-order valence-electron chi connectivity index (χ2n) is 8.65. The van der Waals surface area contributed by atoms with Crippen molar-refractivity contribution in [2.45, 2.75) is 58.2 Å². The molecule has 1 amide bonds. The summed E-state index contributed by atoms with van der Waals surface area (Å²) < 4.78 is 0. The van der Waals surface area contributed by atoms with Crippen LogP contribution in [0.5, 0.6) is 0 Å². The SMILES string of the molecule is C[C@H]1CCCCN1Cc1ccccc1CNC(=O)[C@@H]1CCCN(c2cnccn2)C1. The Balaban J connectivity index is 1.35. The lowest BCUT2D eigenvalue weighted by atomic mass is 9.96. The number of anilines is 1. The number of piperidine rings is 2. The molecule has 30 heavy (non-hydrogen) atoms. The van der Waals surface area contributed by atoms with E-state index in [0.717, 1.165) is 31.7 Å². The lowest BCUT2D eigenvalue weighted by Crippen LogP contribution is -2.43. The first kappa shape index (κ1) is 20.8. The largest absolute Gasteiger partial charge is 0.355 e. The maximum atomic E-state index is 12.9. The van der Waals surface area contributed by atoms with Crippen molar-refractivity contribution in [2.75, 3.05) is 24.5 Å². The van der Waals surface area contributed by atoms with Gasteiger partial charge in [0.05, 0.1) is 12.1 Å². The number of nitrogens with zero attached hydrogens (tertiary/aromatic N) is 4. The van der Waals surface area contributed by atoms with Crippen molar-refractivity contribution in [2.24, 2.45) is 5.92 Å². The second-order valence-corrected chi connectivity index (χ2v) is 8.65. The van der Waals surface area contributed by atoms with Crippen molar-refractivity contribution in [3.63, 3.8) is 0 Å². The third kappa shape index (κ3) is 5.17. The fourth-order valence-electron chi connectivity index (χ4n) is 4.68. The number of amides is 1. The highest BCUT2D eigenvalue weighted by atomic mass is 16.1. The molecule has 0 unspecified atom stereocenters. The highest BCUT2D eigenvalue weighted by Crippen LogP contribution is 2.23. The average molecular weight is 408 g/mol. The Morgan fingerprint density at radius 1 is 1.10 bits per heavy atom. The molecular weight excluding hydrogens is 374 g/mol. The van der Waals surface area contributed by atoms with Gasteiger partial charge in [-0.05, 0) is 50.3 Å². The summed E-state index contributed by atoms with van der Waals surface area (Å²) in [7, 11) is 0. The van der Waals surface area contributed by atoms with E-state index in [2.05, 4.69) is 56.3 Å². The molecule has 2 aromatic rings. The first-order chi connectivity index (χ1) is 14.7. The zero-order valence-electron chi connectivity index (χ0n) is 18.0. The molecule has 0 spiro atoms. The quantitative estimate of drug-likeness (QED) is 0.795. The molecule has 2 aliphatic rings. The zero-order valence-corrected chi connectivity index (χ0v) is 18.0. The van der Waals surface area contributed by atoms with Gasteiger partial charge in [0, 0.05) is 44.6 Å². The van der Waals surface area contributed by atoms with E-state index < -0.39 is 0 Å². The zero-order chi connectivity index (χ0) is 20.8. The third-order valence-electron chi connectivity index (χ3n) is 6.55. The Kier molecular flexibility index (Phi) is 6.95. The van der Waals surface area contributed by atoms with Crippen LogP contribution in [-0.4, -0.2) is 46.5 Å². The van der Waals surface area contributed by atoms with E-state index in [1.807, 2.05) is 0 Å². The van der Waals surface area contributed by atoms with Gasteiger partial charge in [0.25, 0.3) is 0 Å². The lowest BCUT2D eigenvalue weighted by Gasteiger charge is -2.34. The number of carbonyl (C=O) groups is 1. The van der Waals surface area contributed by atoms with E-state index in [-0.39, 0.29) is 11.8 Å². The molecule has 6 nitrogen and oxygen atoms in total. The number of aromatic nitrogens is 2. The van der Waals surface area contributed by atoms with Crippen LogP contribution in [0.1, 0.15) is 50.2 Å². The maximum Gasteiger partial charge on any atom is 0.225 e. The number of hydrogen-bond acceptors (Lipinski definition) is 5. The molecule has 4 rings (SSSR count). The maximum absolute atomic E-state index is 12.9. The minimum atomic E-state index is -0.00460. The normalized spacial score (nSPS) is 22.6. The van der Waals surface area contributed by atoms with Gasteiger partial charge >= 0.3 is 0 Å². The van der Waals surface area contributed by atoms with Gasteiger partial charge in [-0.1, -0.05) is 30.7 Å². The van der Waals surface area contributed by atoms with Gasteiger partial charge in [-0.25, -0.2) is 4.98 Å². The number of rotatable bonds is 6. The minimum absolute atomic E-state index is 0.00460. The molecule has 1 aromatic carbocycles. The predicted octanol–water partition coefficient (Wildman–Crippen LogP) is 3.38. The summed E-state index contributed by atoms with van der Waals surface area (Å²) in [6.45, 7) is 6.70. The molecule has 2 atom stereocenters. The van der Waals surface area contributed by atoms with Crippen LogP contribution >= 0.6 is 0 Å². The van der Waals surface area contributed by atoms with E-state index in [1.54, 1.807) is 18.6 Å². The molecule has 0 bridgehead atoms. The van der Waals surface area contributed by atoms with Crippen molar-refractivity contribution < 1.29 is 4.79 Å². The van der Waals surface area contributed by atoms with Crippen LogP contribution in [-0.2, 0) is 17.9 Å². The summed E-state index contributed by atoms with van der Waals surface area (Å²) in [6, 6.07) is 9.17. The summed E-state index contributed by atoms with van der Waals surface area (Å²) in [6.07, 6.45) is 11.0. The molecule has 6 heteroatoms. The van der Waals surface area contributed by atoms with Crippen molar-refractivity contribution in [1.29, 1.82) is 0 Å². The van der Waals surface area contributed by atoms with Gasteiger partial charge in [0.15, 0.2) is 0 Å². The molecule has 0 saturated carbocycles. The fourth-order valence-corrected chi connectivity index (χ4v) is 4.68. The van der Waals surface area contributed by atoms with E-state index in [4.69, 9.17) is 0 Å². The van der Waals surface area contributed by atoms with Crippen molar-refractivity contribution in [3.05, 3.63) is 54.0 Å². The highest BCUT2D eigenvalue weighted by Gasteiger charge is 2.26. The number of likely N-dealkylation sites (tertiary alicyclic amines) is 1. The summed E-state index contributed by atoms with van der Waals surface area (Å²) in [5.41, 5.74) is 2.56. The number of benzene rings is 1. The van der Waals surface area contributed by atoms with E-state index in [1.165, 1.54) is 36.9 Å². The van der Waals surface area contributed by atoms with Crippen LogP contribution in [0.25, 0.3) is 0 Å². The second kappa shape index (κ2) is 10.0. The van der Waals surface area contributed by atoms with Gasteiger partial charge in [0.2, 0.25) is 5.91 Å². The molecule has 2 saturated heterocycles. The molecule has 2 aliphatic heterocycles. The van der Waals surface area contributed by atoms with Crippen LogP contribution in [0.15, 0.2) is 42.9 Å². The van der Waals surface area contributed by atoms with Crippen molar-refractivity contribution >= 4 is 11.7 Å². The third-order valence-corrected chi connectivity index (χ3v) is 6.55. The van der Waals surface area contributed by atoms with Crippen molar-refractivity contribution in [3.8, 4) is 0 Å². The molecule has 160 valence electrons. The topological polar surface area (TPSA) is 61.4 Å². The molecule has 3 heterocycles. The molecular formula is C24H33N5O. The number of nitrogens with one attached hydrogen (secondary N) is 1. The Hall–Kier alpha value is -2.47. The monoisotopic (exact) mass is 407 g/mol. The minimum Gasteiger partial charge on any atom is -0.355 e. The Bertz CT molecular complexity index is 827. The smallest absolute Gasteiger partial charge is 0.225 e. The molecule has 0 aliphatic carbocycles. The fraction of sp³-hybridized carbons (Fsp3) is 0.542. The standard InChI is InChI=1S/C24H33N5O/c1-19-7-4-5-13-28(19)17-21-9-3-2-8-20(21)15-27-24(30)22-10-6-14-29(18-22)23-16-25-11-12-26-23/h2-3,8-9,11-12,16,19,22H,4-7,10,13-15,17-18H2,1H3,(H,27,30)/t19-,22+/m0/s1. The van der Waals surface area contributed by atoms with Crippen LogP contribution < -0.4 is 10.2 Å². The number of hydrogen-bond donors (Lipinski definition) is 1. The van der Waals surface area contributed by atoms with Gasteiger partial charge in [-0.15, -0.1) is 0 Å². The van der Waals surface area contributed by atoms with E-state index >= 15 is 0 Å². The summed E-state index contributed by atoms with van der Waals surface area (Å²) in [4.78, 5) is 26.2. The van der Waals surface area contributed by atoms with Gasteiger partial charge < -0.3 is 10.2 Å². The van der Waals surface area contributed by atoms with Crippen molar-refractivity contribution in [1.82, 2.24) is 20.2 Å². The highest BCUT2D eigenvalue weighted by molar-refractivity contribution is 5.79. The average Bonchev–Trinajstić information content (AvgIpc) is 2.80. The molecule has 1 N–H and O–H groups in total. The first-order valence-corrected chi connectivity index (χ1v) is 11.3. The summed E-state index contributed by atoms with van der Waals surface area (Å²) in [5.74, 6) is 0.996.